The van der Waals surface area contributed by atoms with Crippen LogP contribution in [0.2, 0.25) is 0 Å². The first-order chi connectivity index (χ1) is 9.22. The summed E-state index contributed by atoms with van der Waals surface area (Å²) in [5.41, 5.74) is 0.408. The molecule has 4 nitrogen and oxygen atoms in total. The zero-order valence-corrected chi connectivity index (χ0v) is 10.4. The van der Waals surface area contributed by atoms with Crippen LogP contribution in [0.4, 0.5) is 14.5 Å². The average Bonchev–Trinajstić information content (AvgIpc) is 2.78. The van der Waals surface area contributed by atoms with Crippen molar-refractivity contribution in [1.82, 2.24) is 14.8 Å². The Kier molecular flexibility index (Phi) is 3.15. The fourth-order valence-corrected chi connectivity index (χ4v) is 2.34. The lowest BCUT2D eigenvalue weighted by atomic mass is 10.2. The van der Waals surface area contributed by atoms with Crippen molar-refractivity contribution < 1.29 is 8.78 Å². The third-order valence-electron chi connectivity index (χ3n) is 3.25. The highest BCUT2D eigenvalue weighted by molar-refractivity contribution is 5.43. The van der Waals surface area contributed by atoms with Crippen LogP contribution in [-0.2, 0) is 19.5 Å². The van der Waals surface area contributed by atoms with Gasteiger partial charge in [-0.1, -0.05) is 0 Å². The molecular weight excluding hydrogens is 250 g/mol. The summed E-state index contributed by atoms with van der Waals surface area (Å²) in [5, 5.41) is 11.2. The Hall–Kier alpha value is -1.98. The molecule has 6 heteroatoms. The second-order valence-electron chi connectivity index (χ2n) is 4.65. The summed E-state index contributed by atoms with van der Waals surface area (Å²) >= 11 is 0. The minimum absolute atomic E-state index is 0.408. The highest BCUT2D eigenvalue weighted by atomic mass is 19.1. The maximum Gasteiger partial charge on any atom is 0.152 e. The van der Waals surface area contributed by atoms with Crippen molar-refractivity contribution in [2.24, 2.45) is 0 Å². The molecule has 1 N–H and O–H groups in total. The second kappa shape index (κ2) is 4.95. The monoisotopic (exact) mass is 264 g/mol. The van der Waals surface area contributed by atoms with E-state index in [1.165, 1.54) is 12.1 Å². The fraction of sp³-hybridized carbons (Fsp3) is 0.385. The van der Waals surface area contributed by atoms with Crippen molar-refractivity contribution in [3.05, 3.63) is 41.5 Å². The molecule has 0 spiro atoms. The number of anilines is 1. The van der Waals surface area contributed by atoms with E-state index < -0.39 is 11.6 Å². The van der Waals surface area contributed by atoms with E-state index >= 15 is 0 Å². The number of benzene rings is 1. The van der Waals surface area contributed by atoms with E-state index in [2.05, 4.69) is 20.1 Å². The third-order valence-corrected chi connectivity index (χ3v) is 3.25. The van der Waals surface area contributed by atoms with Gasteiger partial charge in [0.05, 0.1) is 6.54 Å². The molecule has 1 aliphatic heterocycles. The van der Waals surface area contributed by atoms with Crippen molar-refractivity contribution in [2.45, 2.75) is 32.4 Å². The Balaban J connectivity index is 1.74. The van der Waals surface area contributed by atoms with Crippen LogP contribution in [0.3, 0.4) is 0 Å². The van der Waals surface area contributed by atoms with Gasteiger partial charge in [-0.2, -0.15) is 0 Å². The molecule has 0 aliphatic carbocycles. The minimum Gasteiger partial charge on any atom is -0.378 e. The van der Waals surface area contributed by atoms with E-state index in [1.54, 1.807) is 0 Å². The Morgan fingerprint density at radius 1 is 1.11 bits per heavy atom. The van der Waals surface area contributed by atoms with Crippen molar-refractivity contribution in [2.75, 3.05) is 5.32 Å². The molecule has 2 heterocycles. The van der Waals surface area contributed by atoms with E-state index in [1.807, 2.05) is 0 Å². The summed E-state index contributed by atoms with van der Waals surface area (Å²) in [7, 11) is 0. The van der Waals surface area contributed by atoms with Gasteiger partial charge in [-0.05, 0) is 25.0 Å². The summed E-state index contributed by atoms with van der Waals surface area (Å²) in [6, 6.07) is 3.37. The summed E-state index contributed by atoms with van der Waals surface area (Å²) in [4.78, 5) is 0. The van der Waals surface area contributed by atoms with Gasteiger partial charge in [0.1, 0.15) is 17.5 Å². The number of aromatic nitrogens is 3. The molecule has 0 radical (unpaired) electrons. The van der Waals surface area contributed by atoms with E-state index in [0.717, 1.165) is 43.5 Å². The Morgan fingerprint density at radius 3 is 2.68 bits per heavy atom. The number of fused-ring (bicyclic) bond motifs is 1. The third kappa shape index (κ3) is 2.57. The van der Waals surface area contributed by atoms with Gasteiger partial charge in [-0.25, -0.2) is 8.78 Å². The fourth-order valence-electron chi connectivity index (χ4n) is 2.34. The molecule has 2 aromatic rings. The number of nitrogens with zero attached hydrogens (tertiary/aromatic N) is 3. The lowest BCUT2D eigenvalue weighted by Crippen LogP contribution is -2.15. The molecule has 0 unspecified atom stereocenters. The van der Waals surface area contributed by atoms with Gasteiger partial charge in [0.2, 0.25) is 0 Å². The number of aryl methyl sites for hydroxylation is 1. The van der Waals surface area contributed by atoms with Crippen LogP contribution in [0.1, 0.15) is 24.5 Å². The van der Waals surface area contributed by atoms with Crippen LogP contribution in [-0.4, -0.2) is 14.8 Å². The van der Waals surface area contributed by atoms with Crippen LogP contribution < -0.4 is 5.32 Å². The van der Waals surface area contributed by atoms with Gasteiger partial charge in [0.15, 0.2) is 5.82 Å². The Morgan fingerprint density at radius 2 is 1.89 bits per heavy atom. The maximum atomic E-state index is 13.1. The zero-order valence-electron chi connectivity index (χ0n) is 10.4. The van der Waals surface area contributed by atoms with Crippen LogP contribution >= 0.6 is 0 Å². The topological polar surface area (TPSA) is 42.7 Å². The van der Waals surface area contributed by atoms with E-state index in [9.17, 15) is 8.78 Å². The summed E-state index contributed by atoms with van der Waals surface area (Å²) in [6.45, 7) is 1.33. The minimum atomic E-state index is -0.592. The molecular formula is C13H14F2N4. The average molecular weight is 264 g/mol. The number of hydrogen-bond donors (Lipinski definition) is 1. The maximum absolute atomic E-state index is 13.1. The quantitative estimate of drug-likeness (QED) is 0.926. The molecule has 19 heavy (non-hydrogen) atoms. The van der Waals surface area contributed by atoms with E-state index in [-0.39, 0.29) is 0 Å². The number of rotatable bonds is 3. The lowest BCUT2D eigenvalue weighted by molar-refractivity contribution is 0.509. The predicted octanol–water partition coefficient (Wildman–Crippen LogP) is 2.50. The van der Waals surface area contributed by atoms with Crippen molar-refractivity contribution in [1.29, 1.82) is 0 Å². The van der Waals surface area contributed by atoms with Crippen molar-refractivity contribution >= 4 is 5.69 Å². The molecule has 100 valence electrons. The van der Waals surface area contributed by atoms with E-state index in [4.69, 9.17) is 0 Å². The SMILES string of the molecule is Fc1cc(F)cc(NCc2nnc3n2CCCC3)c1. The molecule has 1 aromatic heterocycles. The van der Waals surface area contributed by atoms with Crippen molar-refractivity contribution in [3.8, 4) is 0 Å². The van der Waals surface area contributed by atoms with Crippen LogP contribution in [0.25, 0.3) is 0 Å². The zero-order chi connectivity index (χ0) is 13.2. The van der Waals surface area contributed by atoms with Crippen LogP contribution in [0, 0.1) is 11.6 Å². The molecule has 3 rings (SSSR count). The lowest BCUT2D eigenvalue weighted by Gasteiger charge is -2.15. The number of hydrogen-bond acceptors (Lipinski definition) is 3. The smallest absolute Gasteiger partial charge is 0.152 e. The van der Waals surface area contributed by atoms with Gasteiger partial charge in [0.25, 0.3) is 0 Å². The standard InChI is InChI=1S/C13H14F2N4/c14-9-5-10(15)7-11(6-9)16-8-13-18-17-12-3-1-2-4-19(12)13/h5-7,16H,1-4,8H2. The molecule has 0 atom stereocenters. The first-order valence-corrected chi connectivity index (χ1v) is 6.33. The van der Waals surface area contributed by atoms with Gasteiger partial charge < -0.3 is 9.88 Å². The first kappa shape index (κ1) is 12.1. The Labute approximate surface area is 109 Å². The number of nitrogens with one attached hydrogen (secondary N) is 1. The van der Waals surface area contributed by atoms with Crippen LogP contribution in [0.15, 0.2) is 18.2 Å². The first-order valence-electron chi connectivity index (χ1n) is 6.33. The number of halogens is 2. The molecule has 0 saturated heterocycles. The van der Waals surface area contributed by atoms with E-state index in [0.29, 0.717) is 12.2 Å². The normalized spacial score (nSPS) is 14.2. The summed E-state index contributed by atoms with van der Waals surface area (Å²) < 4.78 is 28.2. The largest absolute Gasteiger partial charge is 0.378 e. The predicted molar refractivity (Wildman–Crippen MR) is 66.6 cm³/mol. The van der Waals surface area contributed by atoms with Gasteiger partial charge >= 0.3 is 0 Å². The summed E-state index contributed by atoms with van der Waals surface area (Å²) in [6.07, 6.45) is 3.20. The molecule has 0 saturated carbocycles. The molecule has 0 amide bonds. The second-order valence-corrected chi connectivity index (χ2v) is 4.65. The Bertz CT molecular complexity index is 574. The molecule has 1 aromatic carbocycles. The van der Waals surface area contributed by atoms with Crippen molar-refractivity contribution in [3.63, 3.8) is 0 Å². The molecule has 1 aliphatic rings. The van der Waals surface area contributed by atoms with Gasteiger partial charge in [0, 0.05) is 24.7 Å². The van der Waals surface area contributed by atoms with Crippen LogP contribution in [0.5, 0.6) is 0 Å². The summed E-state index contributed by atoms with van der Waals surface area (Å²) in [5.74, 6) is 0.615. The van der Waals surface area contributed by atoms with Gasteiger partial charge in [-0.3, -0.25) is 0 Å². The highest BCUT2D eigenvalue weighted by Gasteiger charge is 2.15. The highest BCUT2D eigenvalue weighted by Crippen LogP contribution is 2.17. The molecule has 0 fully saturated rings. The molecule has 0 bridgehead atoms. The van der Waals surface area contributed by atoms with Gasteiger partial charge in [-0.15, -0.1) is 10.2 Å².